The Morgan fingerprint density at radius 1 is 0.870 bits per heavy atom. The van der Waals surface area contributed by atoms with Crippen LogP contribution in [0.15, 0.2) is 0 Å². The highest BCUT2D eigenvalue weighted by Gasteiger charge is 2.20. The van der Waals surface area contributed by atoms with E-state index in [-0.39, 0.29) is 6.61 Å². The SMILES string of the molecule is COP(=O)(CO)OCCOCCCCCCCCCCC(C)C. The van der Waals surface area contributed by atoms with Crippen molar-refractivity contribution in [3.05, 3.63) is 0 Å². The van der Waals surface area contributed by atoms with Crippen molar-refractivity contribution in [2.75, 3.05) is 33.3 Å². The third kappa shape index (κ3) is 15.3. The van der Waals surface area contributed by atoms with E-state index < -0.39 is 13.9 Å². The van der Waals surface area contributed by atoms with E-state index in [0.29, 0.717) is 13.2 Å². The van der Waals surface area contributed by atoms with Gasteiger partial charge in [0.25, 0.3) is 0 Å². The molecule has 0 aliphatic carbocycles. The summed E-state index contributed by atoms with van der Waals surface area (Å²) in [4.78, 5) is 0. The molecule has 0 heterocycles. The molecule has 1 N–H and O–H groups in total. The van der Waals surface area contributed by atoms with Crippen LogP contribution in [0.1, 0.15) is 71.6 Å². The van der Waals surface area contributed by atoms with Crippen LogP contribution in [0.2, 0.25) is 0 Å². The molecule has 1 atom stereocenters. The van der Waals surface area contributed by atoms with Crippen molar-refractivity contribution in [1.29, 1.82) is 0 Å². The lowest BCUT2D eigenvalue weighted by molar-refractivity contribution is 0.0874. The first kappa shape index (κ1) is 23.1. The van der Waals surface area contributed by atoms with E-state index in [0.717, 1.165) is 12.3 Å². The molecule has 5 nitrogen and oxygen atoms in total. The van der Waals surface area contributed by atoms with Gasteiger partial charge in [0.15, 0.2) is 0 Å². The Kier molecular flexibility index (Phi) is 15.6. The first-order valence-corrected chi connectivity index (χ1v) is 10.7. The maximum absolute atomic E-state index is 11.5. The second kappa shape index (κ2) is 15.6. The molecule has 0 saturated heterocycles. The molecule has 0 radical (unpaired) electrons. The zero-order valence-corrected chi connectivity index (χ0v) is 16.2. The van der Waals surface area contributed by atoms with E-state index in [1.807, 2.05) is 0 Å². The summed E-state index contributed by atoms with van der Waals surface area (Å²) in [5.74, 6) is 0.838. The molecule has 6 heteroatoms. The van der Waals surface area contributed by atoms with Gasteiger partial charge in [0.1, 0.15) is 6.35 Å². The number of hydrogen-bond donors (Lipinski definition) is 1. The van der Waals surface area contributed by atoms with Gasteiger partial charge in [0.2, 0.25) is 0 Å². The average Bonchev–Trinajstić information content (AvgIpc) is 2.54. The van der Waals surface area contributed by atoms with Crippen molar-refractivity contribution in [2.24, 2.45) is 5.92 Å². The van der Waals surface area contributed by atoms with E-state index in [9.17, 15) is 4.57 Å². The molecule has 0 aromatic carbocycles. The summed E-state index contributed by atoms with van der Waals surface area (Å²) < 4.78 is 26.6. The van der Waals surface area contributed by atoms with Gasteiger partial charge in [-0.25, -0.2) is 0 Å². The van der Waals surface area contributed by atoms with Crippen molar-refractivity contribution < 1.29 is 23.5 Å². The number of aliphatic hydroxyl groups excluding tert-OH is 1. The summed E-state index contributed by atoms with van der Waals surface area (Å²) in [6, 6.07) is 0. The van der Waals surface area contributed by atoms with Gasteiger partial charge in [-0.15, -0.1) is 0 Å². The number of hydrogen-bond acceptors (Lipinski definition) is 5. The maximum atomic E-state index is 11.5. The minimum atomic E-state index is -3.29. The van der Waals surface area contributed by atoms with Crippen LogP contribution in [0.4, 0.5) is 0 Å². The summed E-state index contributed by atoms with van der Waals surface area (Å²) in [5.41, 5.74) is 0. The zero-order valence-electron chi connectivity index (χ0n) is 15.3. The molecular weight excluding hydrogens is 315 g/mol. The average molecular weight is 352 g/mol. The first-order valence-electron chi connectivity index (χ1n) is 9.02. The number of aliphatic hydroxyl groups is 1. The van der Waals surface area contributed by atoms with Crippen molar-refractivity contribution in [3.63, 3.8) is 0 Å². The van der Waals surface area contributed by atoms with Crippen LogP contribution in [0.25, 0.3) is 0 Å². The molecule has 0 amide bonds. The number of ether oxygens (including phenoxy) is 1. The zero-order chi connectivity index (χ0) is 17.4. The molecule has 0 bridgehead atoms. The van der Waals surface area contributed by atoms with Crippen LogP contribution in [0.3, 0.4) is 0 Å². The summed E-state index contributed by atoms with van der Waals surface area (Å²) in [7, 11) is -2.03. The predicted molar refractivity (Wildman–Crippen MR) is 94.9 cm³/mol. The Morgan fingerprint density at radius 3 is 1.96 bits per heavy atom. The molecule has 0 fully saturated rings. The fourth-order valence-electron chi connectivity index (χ4n) is 2.31. The Hall–Kier alpha value is 0.0700. The molecule has 0 aliphatic rings. The molecule has 1 unspecified atom stereocenters. The van der Waals surface area contributed by atoms with Gasteiger partial charge in [-0.05, 0) is 12.3 Å². The van der Waals surface area contributed by atoms with E-state index in [1.165, 1.54) is 58.5 Å². The standard InChI is InChI=1S/C17H37O5P/c1-17(2)12-10-8-6-4-5-7-9-11-13-21-14-15-22-23(19,16-18)20-3/h17-18H,4-16H2,1-3H3. The molecule has 140 valence electrons. The van der Waals surface area contributed by atoms with Crippen LogP contribution >= 0.6 is 7.60 Å². The highest BCUT2D eigenvalue weighted by Crippen LogP contribution is 2.45. The summed E-state index contributed by atoms with van der Waals surface area (Å²) in [6.07, 6.45) is 11.1. The Bertz CT molecular complexity index is 289. The van der Waals surface area contributed by atoms with E-state index in [4.69, 9.17) is 14.4 Å². The number of rotatable bonds is 17. The largest absolute Gasteiger partial charge is 0.384 e. The van der Waals surface area contributed by atoms with Gasteiger partial charge < -0.3 is 18.9 Å². The van der Waals surface area contributed by atoms with Gasteiger partial charge in [-0.3, -0.25) is 4.57 Å². The predicted octanol–water partition coefficient (Wildman–Crippen LogP) is 4.98. The summed E-state index contributed by atoms with van der Waals surface area (Å²) >= 11 is 0. The van der Waals surface area contributed by atoms with Crippen LogP contribution in [0.5, 0.6) is 0 Å². The minimum absolute atomic E-state index is 0.183. The second-order valence-electron chi connectivity index (χ2n) is 6.39. The highest BCUT2D eigenvalue weighted by molar-refractivity contribution is 7.53. The van der Waals surface area contributed by atoms with Crippen LogP contribution in [-0.2, 0) is 18.3 Å². The van der Waals surface area contributed by atoms with Crippen molar-refractivity contribution in [2.45, 2.75) is 71.6 Å². The minimum Gasteiger partial charge on any atom is -0.384 e. The maximum Gasteiger partial charge on any atom is 0.355 e. The molecule has 0 spiro atoms. The van der Waals surface area contributed by atoms with Crippen molar-refractivity contribution in [1.82, 2.24) is 0 Å². The van der Waals surface area contributed by atoms with Crippen molar-refractivity contribution >= 4 is 7.60 Å². The van der Waals surface area contributed by atoms with Gasteiger partial charge >= 0.3 is 7.60 Å². The molecule has 0 aromatic rings. The fourth-order valence-corrected chi connectivity index (χ4v) is 2.96. The Balaban J connectivity index is 3.18. The van der Waals surface area contributed by atoms with Crippen LogP contribution < -0.4 is 0 Å². The highest BCUT2D eigenvalue weighted by atomic mass is 31.2. The lowest BCUT2D eigenvalue weighted by atomic mass is 10.0. The second-order valence-corrected chi connectivity index (χ2v) is 8.52. The molecule has 0 rings (SSSR count). The summed E-state index contributed by atoms with van der Waals surface area (Å²) in [6.45, 7) is 5.84. The number of unbranched alkanes of at least 4 members (excludes halogenated alkanes) is 7. The topological polar surface area (TPSA) is 65.0 Å². The van der Waals surface area contributed by atoms with Gasteiger partial charge in [0.05, 0.1) is 13.2 Å². The smallest absolute Gasteiger partial charge is 0.355 e. The van der Waals surface area contributed by atoms with Crippen LogP contribution in [0, 0.1) is 5.92 Å². The van der Waals surface area contributed by atoms with Gasteiger partial charge in [0, 0.05) is 13.7 Å². The quantitative estimate of drug-likeness (QED) is 0.295. The molecule has 0 aliphatic heterocycles. The monoisotopic (exact) mass is 352 g/mol. The fraction of sp³-hybridized carbons (Fsp3) is 1.00. The Labute approximate surface area is 142 Å². The molecular formula is C17H37O5P. The third-order valence-electron chi connectivity index (χ3n) is 3.79. The van der Waals surface area contributed by atoms with E-state index >= 15 is 0 Å². The van der Waals surface area contributed by atoms with Gasteiger partial charge in [-0.2, -0.15) is 0 Å². The Morgan fingerprint density at radius 2 is 1.43 bits per heavy atom. The van der Waals surface area contributed by atoms with Crippen molar-refractivity contribution in [3.8, 4) is 0 Å². The van der Waals surface area contributed by atoms with E-state index in [1.54, 1.807) is 0 Å². The lowest BCUT2D eigenvalue weighted by Crippen LogP contribution is -2.06. The molecule has 0 aromatic heterocycles. The molecule has 0 saturated carbocycles. The molecule has 23 heavy (non-hydrogen) atoms. The van der Waals surface area contributed by atoms with Crippen LogP contribution in [-0.4, -0.2) is 38.4 Å². The normalized spacial score (nSPS) is 14.3. The lowest BCUT2D eigenvalue weighted by Gasteiger charge is -2.13. The third-order valence-corrected chi connectivity index (χ3v) is 5.27. The summed E-state index contributed by atoms with van der Waals surface area (Å²) in [5, 5.41) is 8.85. The first-order chi connectivity index (χ1) is 11.0. The van der Waals surface area contributed by atoms with E-state index in [2.05, 4.69) is 18.4 Å². The van der Waals surface area contributed by atoms with Gasteiger partial charge in [-0.1, -0.05) is 65.2 Å².